The minimum Gasteiger partial charge on any atom is -0.0622 e. The van der Waals surface area contributed by atoms with Crippen molar-refractivity contribution in [3.05, 3.63) is 108 Å². The molecule has 0 nitrogen and oxygen atoms in total. The van der Waals surface area contributed by atoms with Gasteiger partial charge >= 0.3 is 0 Å². The van der Waals surface area contributed by atoms with E-state index in [1.54, 1.807) is 0 Å². The Morgan fingerprint density at radius 3 is 1.88 bits per heavy atom. The number of benzene rings is 5. The van der Waals surface area contributed by atoms with E-state index in [1.165, 1.54) is 5.56 Å². The van der Waals surface area contributed by atoms with Crippen LogP contribution in [0.5, 0.6) is 0 Å². The number of rotatable bonds is 2. The molecule has 34 heavy (non-hydrogen) atoms. The Labute approximate surface area is 215 Å². The summed E-state index contributed by atoms with van der Waals surface area (Å²) in [6, 6.07) is 10.1. The Kier molecular flexibility index (Phi) is 3.00. The number of hydrogen-bond acceptors (Lipinski definition) is 0. The van der Waals surface area contributed by atoms with Crippen LogP contribution in [0.3, 0.4) is 0 Å². The molecular formula is C34H32. The molecule has 0 heteroatoms. The fraction of sp³-hybridized carbons (Fsp3) is 0.235. The van der Waals surface area contributed by atoms with Gasteiger partial charge < -0.3 is 0 Å². The van der Waals surface area contributed by atoms with E-state index >= 15 is 0 Å². The summed E-state index contributed by atoms with van der Waals surface area (Å²) in [5.74, 6) is 0. The summed E-state index contributed by atoms with van der Waals surface area (Å²) in [4.78, 5) is 0. The molecule has 5 aromatic carbocycles. The molecule has 0 saturated carbocycles. The zero-order valence-corrected chi connectivity index (χ0v) is 20.0. The summed E-state index contributed by atoms with van der Waals surface area (Å²) in [6.07, 6.45) is 1.91. The van der Waals surface area contributed by atoms with Gasteiger partial charge in [-0.25, -0.2) is 0 Å². The number of hydrogen-bond donors (Lipinski definition) is 0. The molecule has 1 aliphatic rings. The van der Waals surface area contributed by atoms with E-state index in [2.05, 4.69) is 33.8 Å². The highest BCUT2D eigenvalue weighted by Crippen LogP contribution is 2.53. The first kappa shape index (κ1) is 13.5. The van der Waals surface area contributed by atoms with Gasteiger partial charge in [-0.05, 0) is 84.6 Å². The quantitative estimate of drug-likeness (QED) is 0.235. The second-order valence-electron chi connectivity index (χ2n) is 10.5. The van der Waals surface area contributed by atoms with Crippen LogP contribution in [0.1, 0.15) is 64.0 Å². The Morgan fingerprint density at radius 2 is 1.24 bits per heavy atom. The fourth-order valence-electron chi connectivity index (χ4n) is 5.57. The van der Waals surface area contributed by atoms with E-state index in [0.29, 0.717) is 11.1 Å². The molecule has 0 spiro atoms. The van der Waals surface area contributed by atoms with Crippen molar-refractivity contribution < 1.29 is 12.3 Å². The lowest BCUT2D eigenvalue weighted by atomic mass is 9.60. The van der Waals surface area contributed by atoms with Gasteiger partial charge in [0.2, 0.25) is 0 Å². The molecule has 168 valence electrons. The standard InChI is InChI=1S/C34H32/c1-33(2)20-21-34(3,4)32-29(33)19-18-28(30(32)23-12-6-5-7-13-23)31-26-16-10-8-14-24(26)22-25-15-9-11-17-27(25)31/h5-19,22H,20-21H2,1-4H3/i8D,9D,10D,11D,14D,15D,16D,17D,22D. The van der Waals surface area contributed by atoms with Crippen molar-refractivity contribution >= 4 is 21.5 Å². The van der Waals surface area contributed by atoms with Crippen LogP contribution < -0.4 is 0 Å². The first-order valence-electron chi connectivity index (χ1n) is 16.3. The van der Waals surface area contributed by atoms with Gasteiger partial charge in [-0.15, -0.1) is 0 Å². The molecule has 6 rings (SSSR count). The van der Waals surface area contributed by atoms with Crippen LogP contribution in [-0.4, -0.2) is 0 Å². The molecule has 0 heterocycles. The van der Waals surface area contributed by atoms with Crippen LogP contribution >= 0.6 is 0 Å². The highest BCUT2D eigenvalue weighted by molar-refractivity contribution is 6.15. The first-order chi connectivity index (χ1) is 20.1. The third kappa shape index (κ3) is 3.20. The van der Waals surface area contributed by atoms with Crippen LogP contribution in [-0.2, 0) is 10.8 Å². The summed E-state index contributed by atoms with van der Waals surface area (Å²) >= 11 is 0. The largest absolute Gasteiger partial charge is 0.0636 e. The highest BCUT2D eigenvalue weighted by Gasteiger charge is 2.39. The summed E-state index contributed by atoms with van der Waals surface area (Å²) < 4.78 is 78.7. The lowest BCUT2D eigenvalue weighted by Crippen LogP contribution is -2.34. The topological polar surface area (TPSA) is 0 Å². The zero-order valence-electron chi connectivity index (χ0n) is 29.0. The van der Waals surface area contributed by atoms with Crippen molar-refractivity contribution in [3.63, 3.8) is 0 Å². The van der Waals surface area contributed by atoms with E-state index in [-0.39, 0.29) is 50.5 Å². The summed E-state index contributed by atoms with van der Waals surface area (Å²) in [5, 5.41) is 0.0433. The maximum atomic E-state index is 9.09. The van der Waals surface area contributed by atoms with Gasteiger partial charge in [0.1, 0.15) is 0 Å². The molecule has 0 fully saturated rings. The molecule has 0 radical (unpaired) electrons. The monoisotopic (exact) mass is 449 g/mol. The van der Waals surface area contributed by atoms with Gasteiger partial charge in [0.15, 0.2) is 0 Å². The summed E-state index contributed by atoms with van der Waals surface area (Å²) in [6.45, 7) is 8.86. The molecule has 1 aliphatic carbocycles. The van der Waals surface area contributed by atoms with Crippen molar-refractivity contribution in [3.8, 4) is 22.3 Å². The third-order valence-electron chi connectivity index (χ3n) is 7.44. The van der Waals surface area contributed by atoms with E-state index in [1.807, 2.05) is 36.4 Å². The molecule has 0 amide bonds. The Balaban J connectivity index is 1.99. The van der Waals surface area contributed by atoms with E-state index in [4.69, 9.17) is 12.3 Å². The predicted octanol–water partition coefficient (Wildman–Crippen LogP) is 9.68. The molecule has 0 N–H and O–H groups in total. The van der Waals surface area contributed by atoms with Crippen molar-refractivity contribution in [1.29, 1.82) is 0 Å². The lowest BCUT2D eigenvalue weighted by Gasteiger charge is -2.44. The molecule has 0 unspecified atom stereocenters. The van der Waals surface area contributed by atoms with E-state index in [0.717, 1.165) is 29.5 Å². The minimum atomic E-state index is -0.492. The molecular weight excluding hydrogens is 408 g/mol. The van der Waals surface area contributed by atoms with Gasteiger partial charge in [0.05, 0.1) is 12.3 Å². The first-order valence-corrected chi connectivity index (χ1v) is 11.8. The predicted molar refractivity (Wildman–Crippen MR) is 148 cm³/mol. The lowest BCUT2D eigenvalue weighted by molar-refractivity contribution is 0.333. The normalized spacial score (nSPS) is 20.2. The average Bonchev–Trinajstić information content (AvgIpc) is 2.98. The van der Waals surface area contributed by atoms with Gasteiger partial charge in [0.25, 0.3) is 0 Å². The fourth-order valence-corrected chi connectivity index (χ4v) is 5.57. The molecule has 5 aromatic rings. The average molecular weight is 450 g/mol. The Hall–Kier alpha value is -3.38. The van der Waals surface area contributed by atoms with Crippen molar-refractivity contribution in [1.82, 2.24) is 0 Å². The SMILES string of the molecule is [2H]c1c([2H])c([2H])c2c(-c3ccc4c(c3-c3ccccc3)C(C)(C)CCC4(C)C)c3c([2H])c([2H])c([2H])c([2H])c3c([2H])c2c1[2H]. The van der Waals surface area contributed by atoms with Crippen LogP contribution in [0.4, 0.5) is 0 Å². The Bertz CT molecular complexity index is 1930. The van der Waals surface area contributed by atoms with Gasteiger partial charge in [-0.2, -0.15) is 0 Å². The minimum absolute atomic E-state index is 0.0603. The maximum Gasteiger partial charge on any atom is 0.0636 e. The van der Waals surface area contributed by atoms with Crippen LogP contribution in [0.2, 0.25) is 0 Å². The second-order valence-corrected chi connectivity index (χ2v) is 10.5. The molecule has 0 aliphatic heterocycles. The number of fused-ring (bicyclic) bond motifs is 3. The second kappa shape index (κ2) is 7.57. The summed E-state index contributed by atoms with van der Waals surface area (Å²) in [5.41, 5.74) is 4.59. The third-order valence-corrected chi connectivity index (χ3v) is 7.44. The smallest absolute Gasteiger partial charge is 0.0622 e. The van der Waals surface area contributed by atoms with Gasteiger partial charge in [0, 0.05) is 0 Å². The molecule has 0 saturated heterocycles. The van der Waals surface area contributed by atoms with E-state index in [9.17, 15) is 0 Å². The van der Waals surface area contributed by atoms with Crippen molar-refractivity contribution in [2.75, 3.05) is 0 Å². The molecule has 0 bridgehead atoms. The van der Waals surface area contributed by atoms with Crippen LogP contribution in [0.15, 0.2) is 96.8 Å². The van der Waals surface area contributed by atoms with Crippen LogP contribution in [0, 0.1) is 0 Å². The zero-order chi connectivity index (χ0) is 31.3. The van der Waals surface area contributed by atoms with Gasteiger partial charge in [-0.3, -0.25) is 0 Å². The van der Waals surface area contributed by atoms with Crippen LogP contribution in [0.25, 0.3) is 43.8 Å². The maximum absolute atomic E-state index is 9.09. The van der Waals surface area contributed by atoms with Crippen molar-refractivity contribution in [2.24, 2.45) is 0 Å². The molecule has 0 atom stereocenters. The highest BCUT2D eigenvalue weighted by atomic mass is 14.4. The van der Waals surface area contributed by atoms with Crippen molar-refractivity contribution in [2.45, 2.75) is 51.4 Å². The molecule has 0 aromatic heterocycles. The van der Waals surface area contributed by atoms with E-state index < -0.39 is 36.3 Å². The Morgan fingerprint density at radius 1 is 0.647 bits per heavy atom. The summed E-state index contributed by atoms with van der Waals surface area (Å²) in [7, 11) is 0. The van der Waals surface area contributed by atoms with Gasteiger partial charge in [-0.1, -0.05) is 118 Å².